The predicted molar refractivity (Wildman–Crippen MR) is 75.4 cm³/mol. The molecule has 1 saturated heterocycles. The van der Waals surface area contributed by atoms with Crippen molar-refractivity contribution in [2.24, 2.45) is 0 Å². The minimum Gasteiger partial charge on any atom is -0.314 e. The van der Waals surface area contributed by atoms with Gasteiger partial charge in [0.1, 0.15) is 0 Å². The van der Waals surface area contributed by atoms with Crippen molar-refractivity contribution in [3.05, 3.63) is 0 Å². The molecule has 1 rings (SSSR count). The summed E-state index contributed by atoms with van der Waals surface area (Å²) in [4.78, 5) is 2.51. The Morgan fingerprint density at radius 3 is 2.62 bits per heavy atom. The Hall–Kier alpha value is 0.270. The molecular formula is C13H28N2S. The molecule has 1 aliphatic heterocycles. The van der Waals surface area contributed by atoms with E-state index in [4.69, 9.17) is 0 Å². The smallest absolute Gasteiger partial charge is 0.00749 e. The molecule has 16 heavy (non-hydrogen) atoms. The molecule has 0 aromatic rings. The van der Waals surface area contributed by atoms with Crippen LogP contribution in [-0.2, 0) is 0 Å². The average molecular weight is 244 g/mol. The maximum absolute atomic E-state index is 3.62. The number of piperidine rings is 1. The maximum Gasteiger partial charge on any atom is 0.00749 e. The van der Waals surface area contributed by atoms with Gasteiger partial charge in [0.2, 0.25) is 0 Å². The van der Waals surface area contributed by atoms with Gasteiger partial charge in [0, 0.05) is 18.3 Å². The lowest BCUT2D eigenvalue weighted by Gasteiger charge is -2.23. The molecule has 0 aromatic carbocycles. The number of hydrogen-bond acceptors (Lipinski definition) is 3. The number of nitrogens with one attached hydrogen (secondary N) is 1. The van der Waals surface area contributed by atoms with Gasteiger partial charge >= 0.3 is 0 Å². The molecular weight excluding hydrogens is 216 g/mol. The van der Waals surface area contributed by atoms with Gasteiger partial charge < -0.3 is 10.2 Å². The number of nitrogens with zero attached hydrogens (tertiary/aromatic N) is 1. The summed E-state index contributed by atoms with van der Waals surface area (Å²) >= 11 is 2.12. The van der Waals surface area contributed by atoms with Crippen molar-refractivity contribution in [2.45, 2.75) is 45.6 Å². The SMILES string of the molecule is CCN(CC)CCSCCC1CCCCN1. The van der Waals surface area contributed by atoms with Gasteiger partial charge in [-0.25, -0.2) is 0 Å². The van der Waals surface area contributed by atoms with Crippen molar-refractivity contribution in [1.29, 1.82) is 0 Å². The van der Waals surface area contributed by atoms with E-state index in [9.17, 15) is 0 Å². The Morgan fingerprint density at radius 2 is 2.00 bits per heavy atom. The third-order valence-corrected chi connectivity index (χ3v) is 4.46. The lowest BCUT2D eigenvalue weighted by molar-refractivity contribution is 0.324. The molecule has 0 aromatic heterocycles. The second kappa shape index (κ2) is 9.32. The van der Waals surface area contributed by atoms with E-state index in [0.717, 1.165) is 6.04 Å². The highest BCUT2D eigenvalue weighted by atomic mass is 32.2. The van der Waals surface area contributed by atoms with Gasteiger partial charge in [-0.3, -0.25) is 0 Å². The van der Waals surface area contributed by atoms with Crippen molar-refractivity contribution in [3.63, 3.8) is 0 Å². The summed E-state index contributed by atoms with van der Waals surface area (Å²) in [5.74, 6) is 2.63. The molecule has 0 aliphatic carbocycles. The van der Waals surface area contributed by atoms with Crippen LogP contribution in [0.25, 0.3) is 0 Å². The number of rotatable bonds is 8. The summed E-state index contributed by atoms with van der Waals surface area (Å²) in [7, 11) is 0. The molecule has 1 aliphatic rings. The second-order valence-electron chi connectivity index (χ2n) is 4.57. The predicted octanol–water partition coefficient (Wildman–Crippen LogP) is 2.59. The first-order valence-corrected chi connectivity index (χ1v) is 8.05. The highest BCUT2D eigenvalue weighted by Gasteiger charge is 2.11. The summed E-state index contributed by atoms with van der Waals surface area (Å²) in [6.45, 7) is 9.40. The molecule has 0 amide bonds. The third kappa shape index (κ3) is 6.12. The Morgan fingerprint density at radius 1 is 1.19 bits per heavy atom. The topological polar surface area (TPSA) is 15.3 Å². The quantitative estimate of drug-likeness (QED) is 0.661. The number of hydrogen-bond donors (Lipinski definition) is 1. The molecule has 1 heterocycles. The zero-order chi connectivity index (χ0) is 11.6. The number of thioether (sulfide) groups is 1. The normalized spacial score (nSPS) is 21.6. The maximum atomic E-state index is 3.62. The lowest BCUT2D eigenvalue weighted by Crippen LogP contribution is -2.34. The van der Waals surface area contributed by atoms with Gasteiger partial charge in [0.25, 0.3) is 0 Å². The van der Waals surface area contributed by atoms with Gasteiger partial charge in [-0.05, 0) is 44.6 Å². The van der Waals surface area contributed by atoms with Crippen LogP contribution >= 0.6 is 11.8 Å². The fraction of sp³-hybridized carbons (Fsp3) is 1.00. The molecule has 0 radical (unpaired) electrons. The second-order valence-corrected chi connectivity index (χ2v) is 5.80. The first-order chi connectivity index (χ1) is 7.86. The first kappa shape index (κ1) is 14.3. The molecule has 96 valence electrons. The minimum absolute atomic E-state index is 0.815. The van der Waals surface area contributed by atoms with Crippen LogP contribution in [0.5, 0.6) is 0 Å². The summed E-state index contributed by atoms with van der Waals surface area (Å²) in [6, 6.07) is 0.815. The summed E-state index contributed by atoms with van der Waals surface area (Å²) in [5.41, 5.74) is 0. The molecule has 2 nitrogen and oxygen atoms in total. The summed E-state index contributed by atoms with van der Waals surface area (Å²) in [6.07, 6.45) is 5.58. The van der Waals surface area contributed by atoms with Gasteiger partial charge in [0.05, 0.1) is 0 Å². The minimum atomic E-state index is 0.815. The van der Waals surface area contributed by atoms with Crippen molar-refractivity contribution < 1.29 is 0 Å². The molecule has 0 spiro atoms. The molecule has 3 heteroatoms. The summed E-state index contributed by atoms with van der Waals surface area (Å²) < 4.78 is 0. The van der Waals surface area contributed by atoms with Gasteiger partial charge in [-0.1, -0.05) is 20.3 Å². The molecule has 1 fully saturated rings. The molecule has 1 atom stereocenters. The average Bonchev–Trinajstić information content (AvgIpc) is 2.35. The molecule has 1 N–H and O–H groups in total. The van der Waals surface area contributed by atoms with E-state index in [1.165, 1.54) is 63.4 Å². The van der Waals surface area contributed by atoms with Gasteiger partial charge in [-0.15, -0.1) is 0 Å². The van der Waals surface area contributed by atoms with E-state index >= 15 is 0 Å². The van der Waals surface area contributed by atoms with Crippen LogP contribution in [0.2, 0.25) is 0 Å². The van der Waals surface area contributed by atoms with Crippen LogP contribution in [0.4, 0.5) is 0 Å². The molecule has 0 saturated carbocycles. The fourth-order valence-corrected chi connectivity index (χ4v) is 3.27. The zero-order valence-corrected chi connectivity index (χ0v) is 11.8. The van der Waals surface area contributed by atoms with E-state index in [1.54, 1.807) is 0 Å². The highest BCUT2D eigenvalue weighted by Crippen LogP contribution is 2.13. The van der Waals surface area contributed by atoms with E-state index in [2.05, 4.69) is 35.8 Å². The van der Waals surface area contributed by atoms with E-state index < -0.39 is 0 Å². The largest absolute Gasteiger partial charge is 0.314 e. The van der Waals surface area contributed by atoms with Crippen LogP contribution < -0.4 is 5.32 Å². The van der Waals surface area contributed by atoms with Gasteiger partial charge in [-0.2, -0.15) is 11.8 Å². The Labute approximate surface area is 106 Å². The van der Waals surface area contributed by atoms with Crippen molar-refractivity contribution in [3.8, 4) is 0 Å². The lowest BCUT2D eigenvalue weighted by atomic mass is 10.0. The van der Waals surface area contributed by atoms with Crippen LogP contribution in [0, 0.1) is 0 Å². The van der Waals surface area contributed by atoms with Crippen molar-refractivity contribution >= 4 is 11.8 Å². The van der Waals surface area contributed by atoms with Crippen LogP contribution in [0.3, 0.4) is 0 Å². The zero-order valence-electron chi connectivity index (χ0n) is 11.0. The van der Waals surface area contributed by atoms with Crippen molar-refractivity contribution in [2.75, 3.05) is 37.7 Å². The Balaban J connectivity index is 1.90. The van der Waals surface area contributed by atoms with Crippen LogP contribution in [0.1, 0.15) is 39.5 Å². The highest BCUT2D eigenvalue weighted by molar-refractivity contribution is 7.99. The fourth-order valence-electron chi connectivity index (χ4n) is 2.23. The van der Waals surface area contributed by atoms with Crippen LogP contribution in [0.15, 0.2) is 0 Å². The Bertz CT molecular complexity index is 154. The van der Waals surface area contributed by atoms with E-state index in [0.29, 0.717) is 0 Å². The van der Waals surface area contributed by atoms with E-state index in [1.807, 2.05) is 0 Å². The summed E-state index contributed by atoms with van der Waals surface area (Å²) in [5, 5.41) is 3.62. The molecule has 1 unspecified atom stereocenters. The van der Waals surface area contributed by atoms with Crippen molar-refractivity contribution in [1.82, 2.24) is 10.2 Å². The van der Waals surface area contributed by atoms with Crippen LogP contribution in [-0.4, -0.2) is 48.6 Å². The first-order valence-electron chi connectivity index (χ1n) is 6.90. The standard InChI is InChI=1S/C13H28N2S/c1-3-15(4-2)10-12-16-11-8-13-7-5-6-9-14-13/h13-14H,3-12H2,1-2H3. The Kier molecular flexibility index (Phi) is 8.34. The van der Waals surface area contributed by atoms with Gasteiger partial charge in [0.15, 0.2) is 0 Å². The molecule has 0 bridgehead atoms. The third-order valence-electron chi connectivity index (χ3n) is 3.47. The monoisotopic (exact) mass is 244 g/mol. The van der Waals surface area contributed by atoms with E-state index in [-0.39, 0.29) is 0 Å².